The SMILES string of the molecule is CN1CCSC1=C1SC(=S)N(c2ccccc2)C1=O. The van der Waals surface area contributed by atoms with Crippen molar-refractivity contribution < 1.29 is 4.79 Å². The fourth-order valence-corrected chi connectivity index (χ4v) is 4.73. The van der Waals surface area contributed by atoms with Crippen molar-refractivity contribution in [1.82, 2.24) is 4.90 Å². The molecule has 0 unspecified atom stereocenters. The Hall–Kier alpha value is -0.980. The molecule has 2 saturated heterocycles. The summed E-state index contributed by atoms with van der Waals surface area (Å²) in [5, 5.41) is 1.05. The first-order valence-electron chi connectivity index (χ1n) is 5.88. The summed E-state index contributed by atoms with van der Waals surface area (Å²) in [6, 6.07) is 9.57. The number of hydrogen-bond donors (Lipinski definition) is 0. The Morgan fingerprint density at radius 3 is 2.63 bits per heavy atom. The Balaban J connectivity index is 1.99. The second-order valence-electron chi connectivity index (χ2n) is 4.25. The number of carbonyl (C=O) groups is 1. The van der Waals surface area contributed by atoms with Gasteiger partial charge >= 0.3 is 0 Å². The Bertz CT molecular complexity index is 571. The highest BCUT2D eigenvalue weighted by atomic mass is 32.2. The van der Waals surface area contributed by atoms with Crippen LogP contribution in [0.4, 0.5) is 5.69 Å². The van der Waals surface area contributed by atoms with Gasteiger partial charge in [-0.05, 0) is 12.1 Å². The van der Waals surface area contributed by atoms with E-state index in [1.807, 2.05) is 37.4 Å². The van der Waals surface area contributed by atoms with E-state index in [1.165, 1.54) is 11.8 Å². The van der Waals surface area contributed by atoms with Crippen molar-refractivity contribution >= 4 is 51.7 Å². The first kappa shape index (κ1) is 13.0. The summed E-state index contributed by atoms with van der Waals surface area (Å²) in [6.07, 6.45) is 0. The lowest BCUT2D eigenvalue weighted by molar-refractivity contribution is -0.113. The first-order chi connectivity index (χ1) is 9.18. The molecule has 0 atom stereocenters. The zero-order chi connectivity index (χ0) is 13.4. The standard InChI is InChI=1S/C13H12N2OS3/c1-14-7-8-18-12(14)10-11(16)15(13(17)19-10)9-5-3-2-4-6-9/h2-6H,7-8H2,1H3. The van der Waals surface area contributed by atoms with Crippen LogP contribution in [-0.4, -0.2) is 34.5 Å². The van der Waals surface area contributed by atoms with Gasteiger partial charge in [0, 0.05) is 19.3 Å². The molecule has 3 rings (SSSR count). The van der Waals surface area contributed by atoms with Gasteiger partial charge in [-0.1, -0.05) is 42.2 Å². The molecule has 0 saturated carbocycles. The van der Waals surface area contributed by atoms with Crippen LogP contribution in [0.1, 0.15) is 0 Å². The van der Waals surface area contributed by atoms with Crippen LogP contribution >= 0.6 is 35.7 Å². The molecule has 0 aromatic heterocycles. The van der Waals surface area contributed by atoms with Crippen molar-refractivity contribution in [3.63, 3.8) is 0 Å². The summed E-state index contributed by atoms with van der Waals surface area (Å²) < 4.78 is 0.611. The second-order valence-corrected chi connectivity index (χ2v) is 6.98. The summed E-state index contributed by atoms with van der Waals surface area (Å²) in [7, 11) is 2.02. The van der Waals surface area contributed by atoms with Crippen LogP contribution in [0.3, 0.4) is 0 Å². The van der Waals surface area contributed by atoms with Crippen LogP contribution in [0.25, 0.3) is 0 Å². The molecular formula is C13H12N2OS3. The Morgan fingerprint density at radius 2 is 2.00 bits per heavy atom. The smallest absolute Gasteiger partial charge is 0.273 e. The minimum Gasteiger partial charge on any atom is -0.368 e. The lowest BCUT2D eigenvalue weighted by atomic mass is 10.3. The van der Waals surface area contributed by atoms with Crippen molar-refractivity contribution in [3.05, 3.63) is 40.3 Å². The number of nitrogens with zero attached hydrogens (tertiary/aromatic N) is 2. The number of rotatable bonds is 1. The zero-order valence-corrected chi connectivity index (χ0v) is 12.8. The van der Waals surface area contributed by atoms with Crippen LogP contribution in [0.5, 0.6) is 0 Å². The van der Waals surface area contributed by atoms with Gasteiger partial charge in [-0.2, -0.15) is 0 Å². The van der Waals surface area contributed by atoms with Crippen molar-refractivity contribution in [2.24, 2.45) is 0 Å². The maximum absolute atomic E-state index is 12.6. The van der Waals surface area contributed by atoms with E-state index in [1.54, 1.807) is 16.7 Å². The number of benzene rings is 1. The van der Waals surface area contributed by atoms with Gasteiger partial charge in [-0.3, -0.25) is 9.69 Å². The number of thiocarbonyl (C=S) groups is 1. The molecule has 2 aliphatic heterocycles. The average molecular weight is 308 g/mol. The molecule has 1 aromatic carbocycles. The zero-order valence-electron chi connectivity index (χ0n) is 10.3. The average Bonchev–Trinajstić information content (AvgIpc) is 2.94. The van der Waals surface area contributed by atoms with Gasteiger partial charge in [0.15, 0.2) is 4.32 Å². The molecule has 3 nitrogen and oxygen atoms in total. The number of carbonyl (C=O) groups excluding carboxylic acids is 1. The van der Waals surface area contributed by atoms with Gasteiger partial charge < -0.3 is 4.90 Å². The molecule has 98 valence electrons. The van der Waals surface area contributed by atoms with Crippen LogP contribution in [-0.2, 0) is 4.79 Å². The summed E-state index contributed by atoms with van der Waals surface area (Å²) in [5.74, 6) is 1.03. The summed E-state index contributed by atoms with van der Waals surface area (Å²) >= 11 is 8.49. The minimum absolute atomic E-state index is 0.00236. The van der Waals surface area contributed by atoms with Gasteiger partial charge in [-0.25, -0.2) is 0 Å². The van der Waals surface area contributed by atoms with Crippen molar-refractivity contribution in [1.29, 1.82) is 0 Å². The molecule has 0 aliphatic carbocycles. The Morgan fingerprint density at radius 1 is 1.26 bits per heavy atom. The third kappa shape index (κ3) is 2.28. The van der Waals surface area contributed by atoms with Crippen LogP contribution in [0, 0.1) is 0 Å². The topological polar surface area (TPSA) is 23.6 Å². The van der Waals surface area contributed by atoms with Crippen LogP contribution in [0.15, 0.2) is 40.3 Å². The quantitative estimate of drug-likeness (QED) is 0.586. The molecule has 2 fully saturated rings. The predicted molar refractivity (Wildman–Crippen MR) is 86.2 cm³/mol. The molecule has 0 bridgehead atoms. The fourth-order valence-electron chi connectivity index (χ4n) is 2.03. The number of hydrogen-bond acceptors (Lipinski definition) is 5. The maximum Gasteiger partial charge on any atom is 0.273 e. The normalized spacial score (nSPS) is 23.6. The highest BCUT2D eigenvalue weighted by Crippen LogP contribution is 2.41. The Kier molecular flexibility index (Phi) is 3.56. The van der Waals surface area contributed by atoms with Crippen molar-refractivity contribution in [2.75, 3.05) is 24.2 Å². The van der Waals surface area contributed by atoms with E-state index < -0.39 is 0 Å². The van der Waals surface area contributed by atoms with Gasteiger partial charge in [0.1, 0.15) is 4.91 Å². The van der Waals surface area contributed by atoms with Gasteiger partial charge in [0.25, 0.3) is 5.91 Å². The molecule has 1 amide bonds. The Labute approximate surface area is 126 Å². The molecular weight excluding hydrogens is 296 g/mol. The van der Waals surface area contributed by atoms with Gasteiger partial charge in [0.2, 0.25) is 0 Å². The summed E-state index contributed by atoms with van der Waals surface area (Å²) in [4.78, 5) is 17.1. The lowest BCUT2D eigenvalue weighted by Crippen LogP contribution is -2.28. The van der Waals surface area contributed by atoms with E-state index in [-0.39, 0.29) is 5.91 Å². The lowest BCUT2D eigenvalue weighted by Gasteiger charge is -2.15. The molecule has 1 aromatic rings. The maximum atomic E-state index is 12.6. The number of thioether (sulfide) groups is 2. The number of para-hydroxylation sites is 1. The molecule has 0 spiro atoms. The third-order valence-electron chi connectivity index (χ3n) is 2.99. The molecule has 0 N–H and O–H groups in total. The molecule has 6 heteroatoms. The number of amides is 1. The highest BCUT2D eigenvalue weighted by Gasteiger charge is 2.37. The second kappa shape index (κ2) is 5.19. The highest BCUT2D eigenvalue weighted by molar-refractivity contribution is 8.27. The van der Waals surface area contributed by atoms with E-state index in [4.69, 9.17) is 12.2 Å². The van der Waals surface area contributed by atoms with Crippen LogP contribution in [0.2, 0.25) is 0 Å². The minimum atomic E-state index is -0.00236. The molecule has 19 heavy (non-hydrogen) atoms. The van der Waals surface area contributed by atoms with E-state index in [2.05, 4.69) is 4.90 Å². The molecule has 2 aliphatic rings. The number of anilines is 1. The van der Waals surface area contributed by atoms with Crippen molar-refractivity contribution in [2.45, 2.75) is 0 Å². The van der Waals surface area contributed by atoms with Gasteiger partial charge in [-0.15, -0.1) is 11.8 Å². The summed E-state index contributed by atoms with van der Waals surface area (Å²) in [5.41, 5.74) is 0.839. The van der Waals surface area contributed by atoms with E-state index >= 15 is 0 Å². The predicted octanol–water partition coefficient (Wildman–Crippen LogP) is 2.90. The van der Waals surface area contributed by atoms with Crippen LogP contribution < -0.4 is 4.90 Å². The monoisotopic (exact) mass is 308 g/mol. The molecule has 0 radical (unpaired) electrons. The first-order valence-corrected chi connectivity index (χ1v) is 8.09. The largest absolute Gasteiger partial charge is 0.368 e. The van der Waals surface area contributed by atoms with E-state index in [0.29, 0.717) is 4.32 Å². The van der Waals surface area contributed by atoms with Gasteiger partial charge in [0.05, 0.1) is 10.7 Å². The van der Waals surface area contributed by atoms with E-state index in [0.717, 1.165) is 27.9 Å². The molecule has 2 heterocycles. The van der Waals surface area contributed by atoms with Crippen molar-refractivity contribution in [3.8, 4) is 0 Å². The summed E-state index contributed by atoms with van der Waals surface area (Å²) in [6.45, 7) is 0.982. The third-order valence-corrected chi connectivity index (χ3v) is 5.66. The van der Waals surface area contributed by atoms with E-state index in [9.17, 15) is 4.79 Å². The fraction of sp³-hybridized carbons (Fsp3) is 0.231.